The Hall–Kier alpha value is -1.31. The van der Waals surface area contributed by atoms with Crippen LogP contribution in [0.1, 0.15) is 6.92 Å². The first-order valence-electron chi connectivity index (χ1n) is 6.09. The third kappa shape index (κ3) is 6.79. The van der Waals surface area contributed by atoms with Crippen LogP contribution < -0.4 is 15.4 Å². The summed E-state index contributed by atoms with van der Waals surface area (Å²) in [4.78, 5) is 23.0. The van der Waals surface area contributed by atoms with Gasteiger partial charge >= 0.3 is 6.03 Å². The predicted molar refractivity (Wildman–Crippen MR) is 82.7 cm³/mol. The van der Waals surface area contributed by atoms with Gasteiger partial charge in [-0.1, -0.05) is 27.5 Å². The fourth-order valence-corrected chi connectivity index (χ4v) is 2.18. The molecule has 2 N–H and O–H groups in total. The van der Waals surface area contributed by atoms with Gasteiger partial charge in [-0.15, -0.1) is 0 Å². The quantitative estimate of drug-likeness (QED) is 0.795. The highest BCUT2D eigenvalue weighted by molar-refractivity contribution is 9.10. The summed E-state index contributed by atoms with van der Waals surface area (Å²) in [6.07, 6.45) is 0. The molecule has 0 aliphatic heterocycles. The highest BCUT2D eigenvalue weighted by Gasteiger charge is 2.12. The van der Waals surface area contributed by atoms with Crippen LogP contribution in [0.2, 0.25) is 5.02 Å². The number of methoxy groups -OCH3 is 1. The van der Waals surface area contributed by atoms with E-state index < -0.39 is 11.9 Å². The first-order chi connectivity index (χ1) is 9.92. The molecule has 0 spiro atoms. The fraction of sp³-hybridized carbons (Fsp3) is 0.385. The van der Waals surface area contributed by atoms with Crippen molar-refractivity contribution in [1.29, 1.82) is 0 Å². The van der Waals surface area contributed by atoms with E-state index in [0.717, 1.165) is 4.47 Å². The average Bonchev–Trinajstić information content (AvgIpc) is 2.37. The topological polar surface area (TPSA) is 76.7 Å². The lowest BCUT2D eigenvalue weighted by Gasteiger charge is -2.13. The minimum atomic E-state index is -0.602. The van der Waals surface area contributed by atoms with Crippen molar-refractivity contribution in [3.05, 3.63) is 27.7 Å². The van der Waals surface area contributed by atoms with Crippen molar-refractivity contribution in [2.24, 2.45) is 0 Å². The number of ether oxygens (including phenoxy) is 2. The first-order valence-corrected chi connectivity index (χ1v) is 7.26. The minimum Gasteiger partial charge on any atom is -0.482 e. The third-order valence-electron chi connectivity index (χ3n) is 2.30. The normalized spacial score (nSPS) is 11.6. The van der Waals surface area contributed by atoms with E-state index in [0.29, 0.717) is 17.4 Å². The van der Waals surface area contributed by atoms with Gasteiger partial charge in [-0.2, -0.15) is 0 Å². The zero-order valence-electron chi connectivity index (χ0n) is 11.6. The summed E-state index contributed by atoms with van der Waals surface area (Å²) in [5.74, 6) is -0.209. The number of benzene rings is 1. The summed E-state index contributed by atoms with van der Waals surface area (Å²) in [6, 6.07) is 4.20. The Bertz CT molecular complexity index is 513. The lowest BCUT2D eigenvalue weighted by Crippen LogP contribution is -2.46. The Labute approximate surface area is 136 Å². The van der Waals surface area contributed by atoms with Gasteiger partial charge in [0, 0.05) is 11.6 Å². The molecule has 0 radical (unpaired) electrons. The van der Waals surface area contributed by atoms with Gasteiger partial charge in [0.05, 0.1) is 17.7 Å². The summed E-state index contributed by atoms with van der Waals surface area (Å²) in [6.45, 7) is 1.80. The molecule has 8 heteroatoms. The van der Waals surface area contributed by atoms with Crippen molar-refractivity contribution in [3.8, 4) is 5.75 Å². The van der Waals surface area contributed by atoms with Crippen LogP contribution in [0.3, 0.4) is 0 Å². The van der Waals surface area contributed by atoms with Gasteiger partial charge in [-0.3, -0.25) is 10.1 Å². The van der Waals surface area contributed by atoms with Crippen molar-refractivity contribution in [2.75, 3.05) is 20.3 Å². The number of urea groups is 1. The Morgan fingerprint density at radius 2 is 2.14 bits per heavy atom. The molecule has 1 unspecified atom stereocenters. The number of imide groups is 1. The monoisotopic (exact) mass is 378 g/mol. The smallest absolute Gasteiger partial charge is 0.321 e. The van der Waals surface area contributed by atoms with Crippen molar-refractivity contribution in [2.45, 2.75) is 13.0 Å². The van der Waals surface area contributed by atoms with Crippen LogP contribution in [0.25, 0.3) is 0 Å². The van der Waals surface area contributed by atoms with E-state index in [4.69, 9.17) is 21.1 Å². The fourth-order valence-electron chi connectivity index (χ4n) is 1.45. The van der Waals surface area contributed by atoms with Gasteiger partial charge in [0.15, 0.2) is 6.61 Å². The largest absolute Gasteiger partial charge is 0.482 e. The lowest BCUT2D eigenvalue weighted by molar-refractivity contribution is -0.122. The number of rotatable bonds is 6. The molecule has 0 aromatic heterocycles. The van der Waals surface area contributed by atoms with Crippen LogP contribution in [0, 0.1) is 0 Å². The summed E-state index contributed by atoms with van der Waals surface area (Å²) in [5.41, 5.74) is 0. The third-order valence-corrected chi connectivity index (χ3v) is 3.09. The molecule has 0 saturated carbocycles. The molecular formula is C13H16BrClN2O4. The van der Waals surface area contributed by atoms with E-state index in [1.807, 2.05) is 0 Å². The van der Waals surface area contributed by atoms with Gasteiger partial charge in [0.1, 0.15) is 5.75 Å². The molecule has 1 aromatic carbocycles. The van der Waals surface area contributed by atoms with E-state index in [-0.39, 0.29) is 12.6 Å². The molecule has 1 atom stereocenters. The molecule has 0 aliphatic rings. The van der Waals surface area contributed by atoms with E-state index in [9.17, 15) is 9.59 Å². The molecule has 116 valence electrons. The standard InChI is InChI=1S/C13H16BrClN2O4/c1-8(6-20-2)16-13(19)17-12(18)7-21-11-4-3-9(14)5-10(11)15/h3-5,8H,6-7H2,1-2H3,(H2,16,17,18,19). The summed E-state index contributed by atoms with van der Waals surface area (Å²) in [7, 11) is 1.52. The molecule has 0 saturated heterocycles. The maximum absolute atomic E-state index is 11.6. The van der Waals surface area contributed by atoms with Gasteiger partial charge in [0.2, 0.25) is 0 Å². The van der Waals surface area contributed by atoms with Crippen LogP contribution in [0.5, 0.6) is 5.75 Å². The Morgan fingerprint density at radius 3 is 2.76 bits per heavy atom. The van der Waals surface area contributed by atoms with Crippen molar-refractivity contribution >= 4 is 39.5 Å². The summed E-state index contributed by atoms with van der Waals surface area (Å²) < 4.78 is 10.9. The van der Waals surface area contributed by atoms with Crippen molar-refractivity contribution in [1.82, 2.24) is 10.6 Å². The van der Waals surface area contributed by atoms with E-state index in [2.05, 4.69) is 26.6 Å². The number of halogens is 2. The maximum Gasteiger partial charge on any atom is 0.321 e. The van der Waals surface area contributed by atoms with Gasteiger partial charge in [-0.05, 0) is 25.1 Å². The first kappa shape index (κ1) is 17.7. The SMILES string of the molecule is COCC(C)NC(=O)NC(=O)COc1ccc(Br)cc1Cl. The van der Waals surface area contributed by atoms with E-state index in [1.165, 1.54) is 7.11 Å². The second-order valence-electron chi connectivity index (χ2n) is 4.24. The van der Waals surface area contributed by atoms with Crippen LogP contribution in [-0.2, 0) is 9.53 Å². The second kappa shape index (κ2) is 8.86. The Morgan fingerprint density at radius 1 is 1.43 bits per heavy atom. The number of carbonyl (C=O) groups excluding carboxylic acids is 2. The highest BCUT2D eigenvalue weighted by Crippen LogP contribution is 2.27. The van der Waals surface area contributed by atoms with E-state index >= 15 is 0 Å². The molecule has 1 rings (SSSR count). The van der Waals surface area contributed by atoms with Gasteiger partial charge in [-0.25, -0.2) is 4.79 Å². The van der Waals surface area contributed by atoms with Crippen LogP contribution in [0.15, 0.2) is 22.7 Å². The number of hydrogen-bond donors (Lipinski definition) is 2. The van der Waals surface area contributed by atoms with Crippen molar-refractivity contribution in [3.63, 3.8) is 0 Å². The lowest BCUT2D eigenvalue weighted by atomic mass is 10.3. The molecule has 0 heterocycles. The number of nitrogens with one attached hydrogen (secondary N) is 2. The zero-order chi connectivity index (χ0) is 15.8. The molecule has 0 fully saturated rings. The molecule has 1 aromatic rings. The minimum absolute atomic E-state index is 0.204. The summed E-state index contributed by atoms with van der Waals surface area (Å²) in [5, 5.41) is 5.06. The zero-order valence-corrected chi connectivity index (χ0v) is 14.0. The second-order valence-corrected chi connectivity index (χ2v) is 5.56. The van der Waals surface area contributed by atoms with Gasteiger partial charge < -0.3 is 14.8 Å². The Balaban J connectivity index is 2.38. The molecule has 0 bridgehead atoms. The van der Waals surface area contributed by atoms with Crippen LogP contribution in [-0.4, -0.2) is 38.3 Å². The average molecular weight is 380 g/mol. The predicted octanol–water partition coefficient (Wildman–Crippen LogP) is 2.34. The molecule has 0 aliphatic carbocycles. The van der Waals surface area contributed by atoms with Crippen LogP contribution >= 0.6 is 27.5 Å². The maximum atomic E-state index is 11.6. The number of amides is 3. The van der Waals surface area contributed by atoms with Gasteiger partial charge in [0.25, 0.3) is 5.91 Å². The highest BCUT2D eigenvalue weighted by atomic mass is 79.9. The molecular weight excluding hydrogens is 364 g/mol. The molecule has 6 nitrogen and oxygen atoms in total. The summed E-state index contributed by atoms with van der Waals surface area (Å²) >= 11 is 9.20. The number of hydrogen-bond acceptors (Lipinski definition) is 4. The Kier molecular flexibility index (Phi) is 7.49. The van der Waals surface area contributed by atoms with Crippen LogP contribution in [0.4, 0.5) is 4.79 Å². The number of carbonyl (C=O) groups is 2. The molecule has 3 amide bonds. The molecule has 21 heavy (non-hydrogen) atoms. The van der Waals surface area contributed by atoms with E-state index in [1.54, 1.807) is 25.1 Å². The van der Waals surface area contributed by atoms with Crippen molar-refractivity contribution < 1.29 is 19.1 Å².